The van der Waals surface area contributed by atoms with Crippen molar-refractivity contribution in [2.45, 2.75) is 25.8 Å². The Balaban J connectivity index is 2.28. The van der Waals surface area contributed by atoms with Crippen LogP contribution >= 0.6 is 11.6 Å². The summed E-state index contributed by atoms with van der Waals surface area (Å²) < 4.78 is 27.2. The molecule has 1 unspecified atom stereocenters. The van der Waals surface area contributed by atoms with Gasteiger partial charge < -0.3 is 5.32 Å². The van der Waals surface area contributed by atoms with Crippen molar-refractivity contribution < 1.29 is 8.78 Å². The van der Waals surface area contributed by atoms with Crippen molar-refractivity contribution in [1.82, 2.24) is 10.3 Å². The molecule has 0 saturated carbocycles. The summed E-state index contributed by atoms with van der Waals surface area (Å²) in [6, 6.07) is 5.84. The van der Waals surface area contributed by atoms with Gasteiger partial charge in [0.05, 0.1) is 5.02 Å². The van der Waals surface area contributed by atoms with Gasteiger partial charge in [0.25, 0.3) is 0 Å². The molecule has 0 aliphatic carbocycles. The molecule has 0 aliphatic heterocycles. The first kappa shape index (κ1) is 15.9. The topological polar surface area (TPSA) is 24.9 Å². The second kappa shape index (κ2) is 7.48. The van der Waals surface area contributed by atoms with Crippen LogP contribution in [0.15, 0.2) is 36.7 Å². The maximum absolute atomic E-state index is 13.9. The van der Waals surface area contributed by atoms with Crippen molar-refractivity contribution in [3.8, 4) is 0 Å². The van der Waals surface area contributed by atoms with Gasteiger partial charge in [0.15, 0.2) is 11.6 Å². The summed E-state index contributed by atoms with van der Waals surface area (Å²) in [6.07, 6.45) is 4.46. The van der Waals surface area contributed by atoms with Gasteiger partial charge in [0.1, 0.15) is 0 Å². The van der Waals surface area contributed by atoms with E-state index in [0.717, 1.165) is 24.6 Å². The summed E-state index contributed by atoms with van der Waals surface area (Å²) in [4.78, 5) is 3.95. The molecule has 1 atom stereocenters. The molecule has 2 rings (SSSR count). The molecule has 5 heteroatoms. The molecule has 0 amide bonds. The minimum atomic E-state index is -0.831. The van der Waals surface area contributed by atoms with Crippen LogP contribution in [0, 0.1) is 11.6 Å². The molecule has 0 saturated heterocycles. The van der Waals surface area contributed by atoms with E-state index in [1.54, 1.807) is 24.5 Å². The molecule has 1 N–H and O–H groups in total. The molecule has 21 heavy (non-hydrogen) atoms. The van der Waals surface area contributed by atoms with E-state index in [0.29, 0.717) is 17.0 Å². The molecule has 1 heterocycles. The Morgan fingerprint density at radius 1 is 1.29 bits per heavy atom. The smallest absolute Gasteiger partial charge is 0.162 e. The second-order valence-corrected chi connectivity index (χ2v) is 5.23. The van der Waals surface area contributed by atoms with Crippen molar-refractivity contribution in [3.05, 3.63) is 64.4 Å². The third-order valence-corrected chi connectivity index (χ3v) is 3.59. The highest BCUT2D eigenvalue weighted by atomic mass is 35.5. The van der Waals surface area contributed by atoms with Gasteiger partial charge in [-0.1, -0.05) is 30.7 Å². The SMILES string of the molecule is CCCNC(Cc1cccc(F)c1F)c1ccncc1Cl. The molecule has 2 aromatic rings. The minimum absolute atomic E-state index is 0.184. The third-order valence-electron chi connectivity index (χ3n) is 3.28. The van der Waals surface area contributed by atoms with E-state index in [-0.39, 0.29) is 6.04 Å². The van der Waals surface area contributed by atoms with E-state index in [1.165, 1.54) is 6.07 Å². The van der Waals surface area contributed by atoms with Gasteiger partial charge in [0, 0.05) is 18.4 Å². The number of halogens is 3. The Morgan fingerprint density at radius 3 is 2.81 bits per heavy atom. The average Bonchev–Trinajstić information content (AvgIpc) is 2.48. The van der Waals surface area contributed by atoms with Gasteiger partial charge in [0.2, 0.25) is 0 Å². The number of hydrogen-bond donors (Lipinski definition) is 1. The predicted molar refractivity (Wildman–Crippen MR) is 80.3 cm³/mol. The highest BCUT2D eigenvalue weighted by Gasteiger charge is 2.18. The van der Waals surface area contributed by atoms with Gasteiger partial charge in [-0.15, -0.1) is 0 Å². The average molecular weight is 311 g/mol. The molecule has 1 aromatic heterocycles. The monoisotopic (exact) mass is 310 g/mol. The fourth-order valence-electron chi connectivity index (χ4n) is 2.21. The molecular weight excluding hydrogens is 294 g/mol. The molecule has 1 aromatic carbocycles. The van der Waals surface area contributed by atoms with Crippen molar-refractivity contribution in [3.63, 3.8) is 0 Å². The Labute approximate surface area is 128 Å². The lowest BCUT2D eigenvalue weighted by molar-refractivity contribution is 0.477. The van der Waals surface area contributed by atoms with Crippen molar-refractivity contribution in [2.24, 2.45) is 0 Å². The van der Waals surface area contributed by atoms with E-state index in [4.69, 9.17) is 11.6 Å². The standard InChI is InChI=1S/C16H17ClF2N2/c1-2-7-21-15(12-6-8-20-10-13(12)17)9-11-4-3-5-14(18)16(11)19/h3-6,8,10,15,21H,2,7,9H2,1H3. The van der Waals surface area contributed by atoms with Crippen LogP contribution in [-0.4, -0.2) is 11.5 Å². The Hall–Kier alpha value is -1.52. The molecule has 0 fully saturated rings. The van der Waals surface area contributed by atoms with Crippen molar-refractivity contribution in [1.29, 1.82) is 0 Å². The number of hydrogen-bond acceptors (Lipinski definition) is 2. The van der Waals surface area contributed by atoms with Crippen LogP contribution in [0.1, 0.15) is 30.5 Å². The third kappa shape index (κ3) is 3.99. The van der Waals surface area contributed by atoms with Crippen LogP contribution in [0.25, 0.3) is 0 Å². The summed E-state index contributed by atoms with van der Waals surface area (Å²) in [6.45, 7) is 2.81. The molecule has 0 bridgehead atoms. The zero-order chi connectivity index (χ0) is 15.2. The molecule has 2 nitrogen and oxygen atoms in total. The number of nitrogens with zero attached hydrogens (tertiary/aromatic N) is 1. The fraction of sp³-hybridized carbons (Fsp3) is 0.312. The fourth-order valence-corrected chi connectivity index (χ4v) is 2.46. The van der Waals surface area contributed by atoms with Gasteiger partial charge >= 0.3 is 0 Å². The summed E-state index contributed by atoms with van der Waals surface area (Å²) >= 11 is 6.16. The van der Waals surface area contributed by atoms with Crippen LogP contribution in [0.3, 0.4) is 0 Å². The Morgan fingerprint density at radius 2 is 2.10 bits per heavy atom. The number of benzene rings is 1. The Kier molecular flexibility index (Phi) is 5.65. The lowest BCUT2D eigenvalue weighted by Gasteiger charge is -2.20. The van der Waals surface area contributed by atoms with Crippen LogP contribution in [0.5, 0.6) is 0 Å². The number of rotatable bonds is 6. The van der Waals surface area contributed by atoms with Gasteiger partial charge in [-0.3, -0.25) is 4.98 Å². The quantitative estimate of drug-likeness (QED) is 0.860. The van der Waals surface area contributed by atoms with Crippen molar-refractivity contribution >= 4 is 11.6 Å². The number of nitrogens with one attached hydrogen (secondary N) is 1. The van der Waals surface area contributed by atoms with E-state index in [1.807, 2.05) is 6.92 Å². The zero-order valence-electron chi connectivity index (χ0n) is 11.7. The van der Waals surface area contributed by atoms with Crippen LogP contribution in [0.4, 0.5) is 8.78 Å². The molecule has 0 aliphatic rings. The second-order valence-electron chi connectivity index (χ2n) is 4.82. The Bertz CT molecular complexity index is 605. The van der Waals surface area contributed by atoms with E-state index < -0.39 is 11.6 Å². The predicted octanol–water partition coefficient (Wildman–Crippen LogP) is 4.30. The highest BCUT2D eigenvalue weighted by Crippen LogP contribution is 2.26. The molecule has 0 radical (unpaired) electrons. The first-order valence-corrected chi connectivity index (χ1v) is 7.27. The maximum Gasteiger partial charge on any atom is 0.162 e. The van der Waals surface area contributed by atoms with Gasteiger partial charge in [-0.05, 0) is 42.6 Å². The molecular formula is C16H17ClF2N2. The maximum atomic E-state index is 13.9. The summed E-state index contributed by atoms with van der Waals surface area (Å²) in [7, 11) is 0. The lowest BCUT2D eigenvalue weighted by Crippen LogP contribution is -2.25. The van der Waals surface area contributed by atoms with Crippen LogP contribution in [0.2, 0.25) is 5.02 Å². The molecule has 112 valence electrons. The highest BCUT2D eigenvalue weighted by molar-refractivity contribution is 6.31. The minimum Gasteiger partial charge on any atom is -0.310 e. The normalized spacial score (nSPS) is 12.4. The molecule has 0 spiro atoms. The largest absolute Gasteiger partial charge is 0.310 e. The van der Waals surface area contributed by atoms with Crippen LogP contribution in [-0.2, 0) is 6.42 Å². The summed E-state index contributed by atoms with van der Waals surface area (Å²) in [5.41, 5.74) is 1.17. The van der Waals surface area contributed by atoms with Crippen molar-refractivity contribution in [2.75, 3.05) is 6.54 Å². The number of aromatic nitrogens is 1. The number of pyridine rings is 1. The first-order chi connectivity index (χ1) is 10.1. The lowest BCUT2D eigenvalue weighted by atomic mass is 9.99. The van der Waals surface area contributed by atoms with E-state index in [2.05, 4.69) is 10.3 Å². The first-order valence-electron chi connectivity index (χ1n) is 6.89. The summed E-state index contributed by atoms with van der Waals surface area (Å²) in [5, 5.41) is 3.84. The van der Waals surface area contributed by atoms with Gasteiger partial charge in [-0.2, -0.15) is 0 Å². The zero-order valence-corrected chi connectivity index (χ0v) is 12.5. The van der Waals surface area contributed by atoms with Gasteiger partial charge in [-0.25, -0.2) is 8.78 Å². The summed E-state index contributed by atoms with van der Waals surface area (Å²) in [5.74, 6) is -1.63. The van der Waals surface area contributed by atoms with E-state index >= 15 is 0 Å². The van der Waals surface area contributed by atoms with Crippen LogP contribution < -0.4 is 5.32 Å². The van der Waals surface area contributed by atoms with E-state index in [9.17, 15) is 8.78 Å².